The molecule has 3 nitrogen and oxygen atoms in total. The Hall–Kier alpha value is -2.91. The number of carbonyl (C=O) groups excluding carboxylic acids is 1. The molecule has 0 aliphatic heterocycles. The standard InChI is InChI=1S/C25H27NO2/c1-20(22-14-8-4-9-15-22)26(19-21-12-6-3-7-13-21)24(18-25(27)28-2)23-16-10-5-11-17-23/h3-17,20,24H,18-19H2,1-2H3/t20-,24+/m0/s1. The van der Waals surface area contributed by atoms with Gasteiger partial charge in [0.2, 0.25) is 0 Å². The quantitative estimate of drug-likeness (QED) is 0.485. The summed E-state index contributed by atoms with van der Waals surface area (Å²) in [6.45, 7) is 2.94. The summed E-state index contributed by atoms with van der Waals surface area (Å²) in [4.78, 5) is 14.6. The molecule has 3 rings (SSSR count). The summed E-state index contributed by atoms with van der Waals surface area (Å²) in [6, 6.07) is 31.1. The van der Waals surface area contributed by atoms with E-state index in [9.17, 15) is 4.79 Å². The minimum absolute atomic E-state index is 0.0796. The van der Waals surface area contributed by atoms with Crippen LogP contribution in [0.4, 0.5) is 0 Å². The van der Waals surface area contributed by atoms with E-state index in [0.29, 0.717) is 6.42 Å². The van der Waals surface area contributed by atoms with Crippen LogP contribution in [0.15, 0.2) is 91.0 Å². The van der Waals surface area contributed by atoms with E-state index in [2.05, 4.69) is 72.5 Å². The summed E-state index contributed by atoms with van der Waals surface area (Å²) >= 11 is 0. The molecule has 3 heteroatoms. The zero-order valence-corrected chi connectivity index (χ0v) is 16.5. The molecule has 0 N–H and O–H groups in total. The molecule has 0 spiro atoms. The number of nitrogens with zero attached hydrogens (tertiary/aromatic N) is 1. The van der Waals surface area contributed by atoms with Crippen LogP contribution in [0.3, 0.4) is 0 Å². The molecule has 28 heavy (non-hydrogen) atoms. The van der Waals surface area contributed by atoms with Gasteiger partial charge in [-0.1, -0.05) is 91.0 Å². The molecule has 0 bridgehead atoms. The molecule has 0 aliphatic carbocycles. The van der Waals surface area contributed by atoms with Gasteiger partial charge in [0, 0.05) is 18.6 Å². The Bertz CT molecular complexity index is 849. The first kappa shape index (κ1) is 19.8. The third kappa shape index (κ3) is 5.08. The Kier molecular flexibility index (Phi) is 6.99. The van der Waals surface area contributed by atoms with E-state index in [-0.39, 0.29) is 18.1 Å². The lowest BCUT2D eigenvalue weighted by atomic mass is 9.96. The number of carbonyl (C=O) groups is 1. The number of ether oxygens (including phenoxy) is 1. The number of rotatable bonds is 8. The van der Waals surface area contributed by atoms with Crippen molar-refractivity contribution in [1.29, 1.82) is 0 Å². The van der Waals surface area contributed by atoms with Gasteiger partial charge in [0.15, 0.2) is 0 Å². The van der Waals surface area contributed by atoms with Crippen LogP contribution in [0, 0.1) is 0 Å². The van der Waals surface area contributed by atoms with Crippen molar-refractivity contribution < 1.29 is 9.53 Å². The Balaban J connectivity index is 2.01. The lowest BCUT2D eigenvalue weighted by molar-refractivity contribution is -0.142. The summed E-state index contributed by atoms with van der Waals surface area (Å²) < 4.78 is 5.02. The monoisotopic (exact) mass is 373 g/mol. The highest BCUT2D eigenvalue weighted by molar-refractivity contribution is 5.70. The fourth-order valence-electron chi connectivity index (χ4n) is 3.58. The summed E-state index contributed by atoms with van der Waals surface area (Å²) in [5.74, 6) is -0.202. The molecule has 0 fully saturated rings. The lowest BCUT2D eigenvalue weighted by Gasteiger charge is -2.37. The van der Waals surface area contributed by atoms with Gasteiger partial charge in [-0.05, 0) is 23.6 Å². The van der Waals surface area contributed by atoms with Crippen LogP contribution in [-0.4, -0.2) is 18.0 Å². The molecule has 0 saturated heterocycles. The average Bonchev–Trinajstić information content (AvgIpc) is 2.77. The zero-order chi connectivity index (χ0) is 19.8. The van der Waals surface area contributed by atoms with Crippen molar-refractivity contribution in [3.63, 3.8) is 0 Å². The lowest BCUT2D eigenvalue weighted by Crippen LogP contribution is -2.33. The molecule has 3 aromatic carbocycles. The van der Waals surface area contributed by atoms with E-state index in [1.165, 1.54) is 18.2 Å². The molecular weight excluding hydrogens is 346 g/mol. The molecular formula is C25H27NO2. The number of benzene rings is 3. The maximum absolute atomic E-state index is 12.3. The maximum atomic E-state index is 12.3. The molecule has 0 unspecified atom stereocenters. The van der Waals surface area contributed by atoms with E-state index < -0.39 is 0 Å². The number of hydrogen-bond acceptors (Lipinski definition) is 3. The highest BCUT2D eigenvalue weighted by Crippen LogP contribution is 2.34. The SMILES string of the molecule is COC(=O)C[C@H](c1ccccc1)N(Cc1ccccc1)[C@@H](C)c1ccccc1. The van der Waals surface area contributed by atoms with Crippen LogP contribution in [0.25, 0.3) is 0 Å². The van der Waals surface area contributed by atoms with Crippen molar-refractivity contribution >= 4 is 5.97 Å². The van der Waals surface area contributed by atoms with E-state index in [4.69, 9.17) is 4.74 Å². The van der Waals surface area contributed by atoms with Crippen LogP contribution < -0.4 is 0 Å². The minimum atomic E-state index is -0.202. The van der Waals surface area contributed by atoms with Crippen molar-refractivity contribution in [2.24, 2.45) is 0 Å². The molecule has 0 heterocycles. The third-order valence-corrected chi connectivity index (χ3v) is 5.16. The van der Waals surface area contributed by atoms with Crippen LogP contribution in [-0.2, 0) is 16.1 Å². The highest BCUT2D eigenvalue weighted by Gasteiger charge is 2.28. The van der Waals surface area contributed by atoms with E-state index in [1.54, 1.807) is 0 Å². The first-order chi connectivity index (χ1) is 13.7. The summed E-state index contributed by atoms with van der Waals surface area (Å²) in [5, 5.41) is 0. The van der Waals surface area contributed by atoms with E-state index in [1.807, 2.05) is 30.3 Å². The highest BCUT2D eigenvalue weighted by atomic mass is 16.5. The van der Waals surface area contributed by atoms with Gasteiger partial charge in [0.05, 0.1) is 13.5 Å². The van der Waals surface area contributed by atoms with Gasteiger partial charge < -0.3 is 4.74 Å². The molecule has 0 aliphatic rings. The zero-order valence-electron chi connectivity index (χ0n) is 16.5. The van der Waals surface area contributed by atoms with Gasteiger partial charge in [-0.15, -0.1) is 0 Å². The van der Waals surface area contributed by atoms with Crippen molar-refractivity contribution in [2.75, 3.05) is 7.11 Å². The Morgan fingerprint density at radius 2 is 1.32 bits per heavy atom. The van der Waals surface area contributed by atoms with Gasteiger partial charge in [0.25, 0.3) is 0 Å². The second kappa shape index (κ2) is 9.86. The Morgan fingerprint density at radius 1 is 0.821 bits per heavy atom. The molecule has 0 radical (unpaired) electrons. The molecule has 0 amide bonds. The van der Waals surface area contributed by atoms with Crippen molar-refractivity contribution in [1.82, 2.24) is 4.90 Å². The summed E-state index contributed by atoms with van der Waals surface area (Å²) in [5.41, 5.74) is 3.56. The normalized spacial score (nSPS) is 13.1. The molecule has 0 aromatic heterocycles. The summed E-state index contributed by atoms with van der Waals surface area (Å²) in [7, 11) is 1.45. The average molecular weight is 373 g/mol. The predicted molar refractivity (Wildman–Crippen MR) is 113 cm³/mol. The van der Waals surface area contributed by atoms with Crippen LogP contribution in [0.2, 0.25) is 0 Å². The predicted octanol–water partition coefficient (Wildman–Crippen LogP) is 5.55. The number of methoxy groups -OCH3 is 1. The van der Waals surface area contributed by atoms with Crippen LogP contribution in [0.5, 0.6) is 0 Å². The topological polar surface area (TPSA) is 29.5 Å². The van der Waals surface area contributed by atoms with E-state index >= 15 is 0 Å². The Labute approximate surface area is 167 Å². The Morgan fingerprint density at radius 3 is 1.86 bits per heavy atom. The fraction of sp³-hybridized carbons (Fsp3) is 0.240. The van der Waals surface area contributed by atoms with Gasteiger partial charge >= 0.3 is 5.97 Å². The molecule has 0 saturated carbocycles. The maximum Gasteiger partial charge on any atom is 0.307 e. The number of esters is 1. The van der Waals surface area contributed by atoms with E-state index in [0.717, 1.165) is 12.1 Å². The first-order valence-electron chi connectivity index (χ1n) is 9.65. The van der Waals surface area contributed by atoms with Crippen molar-refractivity contribution in [2.45, 2.75) is 32.0 Å². The number of hydrogen-bond donors (Lipinski definition) is 0. The van der Waals surface area contributed by atoms with Gasteiger partial charge in [-0.25, -0.2) is 0 Å². The fourth-order valence-corrected chi connectivity index (χ4v) is 3.58. The molecule has 144 valence electrons. The van der Waals surface area contributed by atoms with Crippen LogP contribution >= 0.6 is 0 Å². The second-order valence-corrected chi connectivity index (χ2v) is 6.95. The molecule has 2 atom stereocenters. The van der Waals surface area contributed by atoms with Gasteiger partial charge in [-0.2, -0.15) is 0 Å². The minimum Gasteiger partial charge on any atom is -0.469 e. The van der Waals surface area contributed by atoms with Crippen molar-refractivity contribution in [3.05, 3.63) is 108 Å². The van der Waals surface area contributed by atoms with Crippen molar-refractivity contribution in [3.8, 4) is 0 Å². The van der Waals surface area contributed by atoms with Gasteiger partial charge in [0.1, 0.15) is 0 Å². The third-order valence-electron chi connectivity index (χ3n) is 5.16. The van der Waals surface area contributed by atoms with Crippen LogP contribution in [0.1, 0.15) is 42.1 Å². The second-order valence-electron chi connectivity index (χ2n) is 6.95. The summed E-state index contributed by atoms with van der Waals surface area (Å²) in [6.07, 6.45) is 0.310. The molecule has 3 aromatic rings. The largest absolute Gasteiger partial charge is 0.469 e. The first-order valence-corrected chi connectivity index (χ1v) is 9.65. The smallest absolute Gasteiger partial charge is 0.307 e. The van der Waals surface area contributed by atoms with Gasteiger partial charge in [-0.3, -0.25) is 9.69 Å².